The highest BCUT2D eigenvalue weighted by molar-refractivity contribution is 9.11. The van der Waals surface area contributed by atoms with Crippen LogP contribution in [0, 0.1) is 6.92 Å². The van der Waals surface area contributed by atoms with E-state index in [1.165, 1.54) is 71.9 Å². The van der Waals surface area contributed by atoms with Crippen LogP contribution in [-0.4, -0.2) is 8.07 Å². The maximum Gasteiger partial charge on any atom is 0.0825 e. The van der Waals surface area contributed by atoms with E-state index in [4.69, 9.17) is 0 Å². The highest BCUT2D eigenvalue weighted by atomic mass is 79.9. The summed E-state index contributed by atoms with van der Waals surface area (Å²) in [6.07, 6.45) is 11.3. The van der Waals surface area contributed by atoms with Gasteiger partial charge in [-0.25, -0.2) is 0 Å². The van der Waals surface area contributed by atoms with Gasteiger partial charge >= 0.3 is 0 Å². The molecule has 0 aliphatic rings. The van der Waals surface area contributed by atoms with Gasteiger partial charge in [0.1, 0.15) is 0 Å². The summed E-state index contributed by atoms with van der Waals surface area (Å²) in [6.45, 7) is 9.59. The zero-order chi connectivity index (χ0) is 16.6. The van der Waals surface area contributed by atoms with Gasteiger partial charge in [-0.2, -0.15) is 0 Å². The standard InChI is InChI=1S/C19H32Br2Si/c1-5-6-7-8-9-10-11-12-15-22(3,4)19-16(2)17(20)13-14-18(19)21/h13-14H,5-12,15H2,1-4H3. The molecule has 1 aromatic rings. The fourth-order valence-corrected chi connectivity index (χ4v) is 9.13. The lowest BCUT2D eigenvalue weighted by Crippen LogP contribution is -2.43. The summed E-state index contributed by atoms with van der Waals surface area (Å²) in [5, 5.41) is 1.60. The summed E-state index contributed by atoms with van der Waals surface area (Å²) in [4.78, 5) is 0. The van der Waals surface area contributed by atoms with Gasteiger partial charge in [-0.1, -0.05) is 109 Å². The lowest BCUT2D eigenvalue weighted by molar-refractivity contribution is 0.584. The van der Waals surface area contributed by atoms with Gasteiger partial charge in [0.05, 0.1) is 8.07 Å². The molecule has 126 valence electrons. The van der Waals surface area contributed by atoms with Crippen LogP contribution in [0.2, 0.25) is 19.1 Å². The predicted molar refractivity (Wildman–Crippen MR) is 111 cm³/mol. The minimum Gasteiger partial charge on any atom is -0.0654 e. The average molecular weight is 448 g/mol. The molecule has 1 aromatic carbocycles. The molecule has 0 aliphatic carbocycles. The molecular formula is C19H32Br2Si. The molecule has 0 unspecified atom stereocenters. The van der Waals surface area contributed by atoms with Gasteiger partial charge in [-0.3, -0.25) is 0 Å². The molecule has 0 saturated carbocycles. The molecule has 3 heteroatoms. The maximum atomic E-state index is 3.79. The molecule has 0 aromatic heterocycles. The Morgan fingerprint density at radius 2 is 1.32 bits per heavy atom. The number of hydrogen-bond donors (Lipinski definition) is 0. The first kappa shape index (κ1) is 20.4. The Bertz CT molecular complexity index is 455. The van der Waals surface area contributed by atoms with Gasteiger partial charge < -0.3 is 0 Å². The van der Waals surface area contributed by atoms with Crippen molar-refractivity contribution in [3.8, 4) is 0 Å². The van der Waals surface area contributed by atoms with Crippen molar-refractivity contribution < 1.29 is 0 Å². The van der Waals surface area contributed by atoms with E-state index in [2.05, 4.69) is 70.9 Å². The highest BCUT2D eigenvalue weighted by Crippen LogP contribution is 2.26. The number of halogens is 2. The molecule has 0 spiro atoms. The number of hydrogen-bond acceptors (Lipinski definition) is 0. The van der Waals surface area contributed by atoms with Crippen LogP contribution >= 0.6 is 31.9 Å². The topological polar surface area (TPSA) is 0 Å². The zero-order valence-electron chi connectivity index (χ0n) is 14.8. The molecule has 0 N–H and O–H groups in total. The second-order valence-corrected chi connectivity index (χ2v) is 13.6. The van der Waals surface area contributed by atoms with Gasteiger partial charge in [0.2, 0.25) is 0 Å². The fourth-order valence-electron chi connectivity index (χ4n) is 3.31. The molecule has 0 nitrogen and oxygen atoms in total. The first-order valence-electron chi connectivity index (χ1n) is 8.85. The van der Waals surface area contributed by atoms with Crippen molar-refractivity contribution in [1.29, 1.82) is 0 Å². The van der Waals surface area contributed by atoms with E-state index >= 15 is 0 Å². The largest absolute Gasteiger partial charge is 0.0825 e. The van der Waals surface area contributed by atoms with Crippen molar-refractivity contribution in [2.75, 3.05) is 0 Å². The third-order valence-electron chi connectivity index (χ3n) is 4.68. The smallest absolute Gasteiger partial charge is 0.0654 e. The van der Waals surface area contributed by atoms with Gasteiger partial charge in [0.15, 0.2) is 0 Å². The second-order valence-electron chi connectivity index (χ2n) is 7.14. The lowest BCUT2D eigenvalue weighted by atomic mass is 10.1. The van der Waals surface area contributed by atoms with E-state index in [0.29, 0.717) is 0 Å². The molecule has 0 bridgehead atoms. The first-order chi connectivity index (χ1) is 10.4. The third-order valence-corrected chi connectivity index (χ3v) is 10.2. The summed E-state index contributed by atoms with van der Waals surface area (Å²) < 4.78 is 2.56. The average Bonchev–Trinajstić information content (AvgIpc) is 2.46. The second kappa shape index (κ2) is 10.3. The van der Waals surface area contributed by atoms with Crippen LogP contribution in [0.25, 0.3) is 0 Å². The first-order valence-corrected chi connectivity index (χ1v) is 13.6. The molecular weight excluding hydrogens is 416 g/mol. The Morgan fingerprint density at radius 1 is 0.818 bits per heavy atom. The minimum absolute atomic E-state index is 1.25. The quantitative estimate of drug-likeness (QED) is 0.256. The summed E-state index contributed by atoms with van der Waals surface area (Å²) in [5.41, 5.74) is 1.44. The minimum atomic E-state index is -1.36. The molecule has 0 amide bonds. The zero-order valence-corrected chi connectivity index (χ0v) is 18.9. The van der Waals surface area contributed by atoms with E-state index in [0.717, 1.165) is 0 Å². The Morgan fingerprint density at radius 3 is 1.91 bits per heavy atom. The molecule has 1 rings (SSSR count). The monoisotopic (exact) mass is 446 g/mol. The van der Waals surface area contributed by atoms with Gasteiger partial charge in [0, 0.05) is 8.95 Å². The summed E-state index contributed by atoms with van der Waals surface area (Å²) >= 11 is 7.49. The van der Waals surface area contributed by atoms with Crippen molar-refractivity contribution >= 4 is 45.1 Å². The van der Waals surface area contributed by atoms with Gasteiger partial charge in [-0.05, 0) is 29.8 Å². The molecule has 0 heterocycles. The molecule has 0 atom stereocenters. The van der Waals surface area contributed by atoms with Crippen molar-refractivity contribution in [2.24, 2.45) is 0 Å². The molecule has 0 aliphatic heterocycles. The van der Waals surface area contributed by atoms with Crippen LogP contribution in [0.15, 0.2) is 21.1 Å². The van der Waals surface area contributed by atoms with Crippen molar-refractivity contribution in [3.63, 3.8) is 0 Å². The van der Waals surface area contributed by atoms with Crippen LogP contribution in [0.5, 0.6) is 0 Å². The van der Waals surface area contributed by atoms with Crippen molar-refractivity contribution in [1.82, 2.24) is 0 Å². The van der Waals surface area contributed by atoms with E-state index in [1.807, 2.05) is 0 Å². The summed E-state index contributed by atoms with van der Waals surface area (Å²) in [5.74, 6) is 0. The third kappa shape index (κ3) is 6.49. The maximum absolute atomic E-state index is 3.79. The van der Waals surface area contributed by atoms with E-state index in [1.54, 1.807) is 5.19 Å². The number of benzene rings is 1. The SMILES string of the molecule is CCCCCCCCCC[Si](C)(C)c1c(Br)ccc(Br)c1C. The number of unbranched alkanes of at least 4 members (excludes halogenated alkanes) is 7. The van der Waals surface area contributed by atoms with Crippen molar-refractivity contribution in [3.05, 3.63) is 26.6 Å². The van der Waals surface area contributed by atoms with E-state index in [-0.39, 0.29) is 0 Å². The lowest BCUT2D eigenvalue weighted by Gasteiger charge is -2.27. The fraction of sp³-hybridized carbons (Fsp3) is 0.684. The van der Waals surface area contributed by atoms with E-state index in [9.17, 15) is 0 Å². The van der Waals surface area contributed by atoms with Crippen LogP contribution in [0.1, 0.15) is 63.9 Å². The Labute approximate surface area is 155 Å². The Kier molecular flexibility index (Phi) is 9.57. The normalized spacial score (nSPS) is 11.9. The summed E-state index contributed by atoms with van der Waals surface area (Å²) in [6, 6.07) is 5.76. The summed E-state index contributed by atoms with van der Waals surface area (Å²) in [7, 11) is -1.36. The van der Waals surface area contributed by atoms with Gasteiger partial charge in [0.25, 0.3) is 0 Å². The van der Waals surface area contributed by atoms with Crippen LogP contribution < -0.4 is 5.19 Å². The van der Waals surface area contributed by atoms with Crippen molar-refractivity contribution in [2.45, 2.75) is 84.4 Å². The van der Waals surface area contributed by atoms with Crippen LogP contribution in [0.3, 0.4) is 0 Å². The Balaban J connectivity index is 2.43. The Hall–Kier alpha value is 0.397. The molecule has 22 heavy (non-hydrogen) atoms. The van der Waals surface area contributed by atoms with Crippen LogP contribution in [0.4, 0.5) is 0 Å². The predicted octanol–water partition coefficient (Wildman–Crippen LogP) is 7.58. The highest BCUT2D eigenvalue weighted by Gasteiger charge is 2.27. The number of rotatable bonds is 10. The molecule has 0 radical (unpaired) electrons. The molecule has 0 saturated heterocycles. The van der Waals surface area contributed by atoms with E-state index < -0.39 is 8.07 Å². The van der Waals surface area contributed by atoms with Crippen LogP contribution in [-0.2, 0) is 0 Å². The van der Waals surface area contributed by atoms with Gasteiger partial charge in [-0.15, -0.1) is 0 Å². The molecule has 0 fully saturated rings.